The van der Waals surface area contributed by atoms with E-state index in [4.69, 9.17) is 0 Å². The predicted octanol–water partition coefficient (Wildman–Crippen LogP) is 1.49. The highest BCUT2D eigenvalue weighted by molar-refractivity contribution is 5.93. The van der Waals surface area contributed by atoms with E-state index in [2.05, 4.69) is 10.6 Å². The lowest BCUT2D eigenvalue weighted by Gasteiger charge is -2.24. The molecule has 2 atom stereocenters. The highest BCUT2D eigenvalue weighted by atomic mass is 16.2. The number of hydrogen-bond acceptors (Lipinski definition) is 3. The Bertz CT molecular complexity index is 280. The average Bonchev–Trinajstić information content (AvgIpc) is 2.13. The average molecular weight is 242 g/mol. The fourth-order valence-electron chi connectivity index (χ4n) is 1.63. The highest BCUT2D eigenvalue weighted by Gasteiger charge is 2.28. The molecule has 100 valence electrons. The van der Waals surface area contributed by atoms with Gasteiger partial charge in [0.25, 0.3) is 0 Å². The summed E-state index contributed by atoms with van der Waals surface area (Å²) in [6.07, 6.45) is 0. The minimum absolute atomic E-state index is 0.0441. The lowest BCUT2D eigenvalue weighted by molar-refractivity contribution is -0.132. The predicted molar refractivity (Wildman–Crippen MR) is 69.8 cm³/mol. The van der Waals surface area contributed by atoms with E-state index in [9.17, 15) is 9.59 Å². The number of nitrogens with one attached hydrogen (secondary N) is 2. The second-order valence-corrected chi connectivity index (χ2v) is 5.89. The Morgan fingerprint density at radius 2 is 1.41 bits per heavy atom. The zero-order valence-corrected chi connectivity index (χ0v) is 12.0. The molecule has 0 heterocycles. The maximum atomic E-state index is 11.9. The lowest BCUT2D eigenvalue weighted by Crippen LogP contribution is -2.51. The summed E-state index contributed by atoms with van der Waals surface area (Å²) in [7, 11) is 0. The SMILES string of the molecule is CC(C)N[C@@H](C)C(=O)N[C@@H](C)C(=O)C(C)(C)C. The summed E-state index contributed by atoms with van der Waals surface area (Å²) in [5.41, 5.74) is -0.429. The van der Waals surface area contributed by atoms with Crippen molar-refractivity contribution in [2.45, 2.75) is 66.6 Å². The minimum atomic E-state index is -0.445. The largest absolute Gasteiger partial charge is 0.345 e. The number of carbonyl (C=O) groups is 2. The van der Waals surface area contributed by atoms with Gasteiger partial charge in [0.15, 0.2) is 5.78 Å². The Balaban J connectivity index is 4.35. The van der Waals surface area contributed by atoms with E-state index in [1.54, 1.807) is 13.8 Å². The van der Waals surface area contributed by atoms with Gasteiger partial charge in [0.2, 0.25) is 5.91 Å². The first-order chi connectivity index (χ1) is 7.55. The first kappa shape index (κ1) is 16.1. The second-order valence-electron chi connectivity index (χ2n) is 5.89. The summed E-state index contributed by atoms with van der Waals surface area (Å²) in [6.45, 7) is 13.0. The lowest BCUT2D eigenvalue weighted by atomic mass is 9.87. The van der Waals surface area contributed by atoms with E-state index in [0.717, 1.165) is 0 Å². The van der Waals surface area contributed by atoms with Crippen LogP contribution in [-0.2, 0) is 9.59 Å². The van der Waals surface area contributed by atoms with Crippen LogP contribution in [0.3, 0.4) is 0 Å². The summed E-state index contributed by atoms with van der Waals surface area (Å²) in [5.74, 6) is -0.0913. The normalized spacial score (nSPS) is 15.5. The summed E-state index contributed by atoms with van der Waals surface area (Å²) in [5, 5.41) is 5.84. The summed E-state index contributed by atoms with van der Waals surface area (Å²) >= 11 is 0. The Labute approximate surface area is 105 Å². The highest BCUT2D eigenvalue weighted by Crippen LogP contribution is 2.16. The molecular formula is C13H26N2O2. The molecule has 0 aliphatic carbocycles. The van der Waals surface area contributed by atoms with E-state index in [1.807, 2.05) is 34.6 Å². The standard InChI is InChI=1S/C13H26N2O2/c1-8(2)14-10(4)12(17)15-9(3)11(16)13(5,6)7/h8-10,14H,1-7H3,(H,15,17)/t9-,10-/m0/s1. The van der Waals surface area contributed by atoms with E-state index in [1.165, 1.54) is 0 Å². The first-order valence-electron chi connectivity index (χ1n) is 6.16. The van der Waals surface area contributed by atoms with Crippen molar-refractivity contribution in [3.05, 3.63) is 0 Å². The Hall–Kier alpha value is -0.900. The topological polar surface area (TPSA) is 58.2 Å². The van der Waals surface area contributed by atoms with Crippen LogP contribution in [0.1, 0.15) is 48.5 Å². The molecule has 0 unspecified atom stereocenters. The molecule has 0 radical (unpaired) electrons. The van der Waals surface area contributed by atoms with Crippen LogP contribution in [0.4, 0.5) is 0 Å². The molecule has 4 heteroatoms. The monoisotopic (exact) mass is 242 g/mol. The maximum absolute atomic E-state index is 11.9. The zero-order valence-electron chi connectivity index (χ0n) is 12.0. The van der Waals surface area contributed by atoms with Crippen molar-refractivity contribution >= 4 is 11.7 Å². The summed E-state index contributed by atoms with van der Waals surface area (Å²) in [4.78, 5) is 23.7. The van der Waals surface area contributed by atoms with Gasteiger partial charge in [0.1, 0.15) is 0 Å². The molecule has 0 aromatic rings. The van der Waals surface area contributed by atoms with Crippen molar-refractivity contribution < 1.29 is 9.59 Å². The van der Waals surface area contributed by atoms with Gasteiger partial charge < -0.3 is 10.6 Å². The van der Waals surface area contributed by atoms with Crippen molar-refractivity contribution in [1.29, 1.82) is 0 Å². The third-order valence-electron chi connectivity index (χ3n) is 2.47. The molecule has 0 rings (SSSR count). The van der Waals surface area contributed by atoms with Crippen molar-refractivity contribution in [1.82, 2.24) is 10.6 Å². The van der Waals surface area contributed by atoms with Crippen LogP contribution < -0.4 is 10.6 Å². The van der Waals surface area contributed by atoms with E-state index < -0.39 is 11.5 Å². The van der Waals surface area contributed by atoms with E-state index in [-0.39, 0.29) is 23.8 Å². The van der Waals surface area contributed by atoms with Gasteiger partial charge in [-0.3, -0.25) is 9.59 Å². The quantitative estimate of drug-likeness (QED) is 0.768. The number of rotatable bonds is 5. The molecular weight excluding hydrogens is 216 g/mol. The molecule has 0 saturated carbocycles. The minimum Gasteiger partial charge on any atom is -0.345 e. The van der Waals surface area contributed by atoms with Crippen LogP contribution in [0.25, 0.3) is 0 Å². The van der Waals surface area contributed by atoms with E-state index >= 15 is 0 Å². The molecule has 0 saturated heterocycles. The number of ketones is 1. The molecule has 2 N–H and O–H groups in total. The van der Waals surface area contributed by atoms with Gasteiger partial charge in [0, 0.05) is 11.5 Å². The third-order valence-corrected chi connectivity index (χ3v) is 2.47. The summed E-state index contributed by atoms with van der Waals surface area (Å²) in [6, 6.07) is -0.492. The van der Waals surface area contributed by atoms with Gasteiger partial charge in [-0.25, -0.2) is 0 Å². The zero-order chi connectivity index (χ0) is 13.8. The molecule has 0 bridgehead atoms. The van der Waals surface area contributed by atoms with Crippen molar-refractivity contribution in [3.8, 4) is 0 Å². The molecule has 0 spiro atoms. The number of hydrogen-bond donors (Lipinski definition) is 2. The van der Waals surface area contributed by atoms with Gasteiger partial charge >= 0.3 is 0 Å². The van der Waals surface area contributed by atoms with Gasteiger partial charge in [0.05, 0.1) is 12.1 Å². The number of carbonyl (C=O) groups excluding carboxylic acids is 2. The molecule has 0 aliphatic heterocycles. The number of Topliss-reactive ketones (excluding diaryl/α,β-unsaturated/α-hetero) is 1. The fourth-order valence-corrected chi connectivity index (χ4v) is 1.63. The molecule has 0 aliphatic rings. The molecule has 1 amide bonds. The Morgan fingerprint density at radius 1 is 0.941 bits per heavy atom. The second kappa shape index (κ2) is 6.15. The van der Waals surface area contributed by atoms with Crippen molar-refractivity contribution in [2.75, 3.05) is 0 Å². The molecule has 0 aromatic carbocycles. The molecule has 0 aromatic heterocycles. The van der Waals surface area contributed by atoms with Crippen LogP contribution in [-0.4, -0.2) is 29.8 Å². The van der Waals surface area contributed by atoms with Crippen LogP contribution >= 0.6 is 0 Å². The fraction of sp³-hybridized carbons (Fsp3) is 0.846. The van der Waals surface area contributed by atoms with Crippen LogP contribution in [0.15, 0.2) is 0 Å². The van der Waals surface area contributed by atoms with Gasteiger partial charge in [-0.05, 0) is 13.8 Å². The summed E-state index contributed by atoms with van der Waals surface area (Å²) < 4.78 is 0. The van der Waals surface area contributed by atoms with E-state index in [0.29, 0.717) is 0 Å². The molecule has 4 nitrogen and oxygen atoms in total. The smallest absolute Gasteiger partial charge is 0.237 e. The first-order valence-corrected chi connectivity index (χ1v) is 6.16. The van der Waals surface area contributed by atoms with Crippen molar-refractivity contribution in [2.24, 2.45) is 5.41 Å². The van der Waals surface area contributed by atoms with Gasteiger partial charge in [-0.15, -0.1) is 0 Å². The van der Waals surface area contributed by atoms with Crippen LogP contribution in [0.5, 0.6) is 0 Å². The molecule has 17 heavy (non-hydrogen) atoms. The van der Waals surface area contributed by atoms with Crippen molar-refractivity contribution in [3.63, 3.8) is 0 Å². The molecule has 0 fully saturated rings. The number of amides is 1. The van der Waals surface area contributed by atoms with Gasteiger partial charge in [-0.1, -0.05) is 34.6 Å². The Kier molecular flexibility index (Phi) is 5.82. The van der Waals surface area contributed by atoms with Crippen LogP contribution in [0.2, 0.25) is 0 Å². The van der Waals surface area contributed by atoms with Crippen LogP contribution in [0, 0.1) is 5.41 Å². The third kappa shape index (κ3) is 5.82. The van der Waals surface area contributed by atoms with Gasteiger partial charge in [-0.2, -0.15) is 0 Å². The Morgan fingerprint density at radius 3 is 1.76 bits per heavy atom. The maximum Gasteiger partial charge on any atom is 0.237 e.